The van der Waals surface area contributed by atoms with Crippen molar-refractivity contribution in [1.29, 1.82) is 5.26 Å². The molecular formula is C20H16N4O6S. The number of nitriles is 1. The Labute approximate surface area is 176 Å². The standard InChI is InChI=1S/C20H16N4O6S/c21-11-12-3-5-16(14(9-12)20(26)27)22-19(25)18-15-10-13(4-6-17(15)30-23-18)31(28,29)24-7-1-2-8-24/h3-6,9-10H,1-2,7-8H2,(H,22,25)(H,26,27). The molecule has 3 aromatic rings. The van der Waals surface area contributed by atoms with Gasteiger partial charge in [0.25, 0.3) is 5.91 Å². The Kier molecular flexibility index (Phi) is 5.18. The van der Waals surface area contributed by atoms with Gasteiger partial charge in [-0.25, -0.2) is 13.2 Å². The highest BCUT2D eigenvalue weighted by molar-refractivity contribution is 7.89. The van der Waals surface area contributed by atoms with Crippen molar-refractivity contribution in [3.63, 3.8) is 0 Å². The molecule has 4 rings (SSSR count). The van der Waals surface area contributed by atoms with E-state index in [2.05, 4.69) is 10.5 Å². The van der Waals surface area contributed by atoms with Gasteiger partial charge in [0.1, 0.15) is 0 Å². The Balaban J connectivity index is 1.70. The van der Waals surface area contributed by atoms with Crippen molar-refractivity contribution in [3.8, 4) is 6.07 Å². The maximum Gasteiger partial charge on any atom is 0.337 e. The third-order valence-corrected chi connectivity index (χ3v) is 6.88. The van der Waals surface area contributed by atoms with E-state index in [1.54, 1.807) is 0 Å². The van der Waals surface area contributed by atoms with Gasteiger partial charge in [-0.3, -0.25) is 4.79 Å². The molecule has 31 heavy (non-hydrogen) atoms. The molecule has 10 nitrogen and oxygen atoms in total. The normalized spacial score (nSPS) is 14.4. The molecule has 158 valence electrons. The average Bonchev–Trinajstić information content (AvgIpc) is 3.43. The fourth-order valence-electron chi connectivity index (χ4n) is 3.40. The second-order valence-corrected chi connectivity index (χ2v) is 8.87. The number of aromatic nitrogens is 1. The minimum absolute atomic E-state index is 0.0174. The zero-order chi connectivity index (χ0) is 22.2. The van der Waals surface area contributed by atoms with Crippen molar-refractivity contribution in [2.45, 2.75) is 17.7 Å². The third-order valence-electron chi connectivity index (χ3n) is 4.99. The summed E-state index contributed by atoms with van der Waals surface area (Å²) in [7, 11) is -3.71. The summed E-state index contributed by atoms with van der Waals surface area (Å²) in [4.78, 5) is 24.3. The number of rotatable bonds is 5. The smallest absolute Gasteiger partial charge is 0.337 e. The van der Waals surface area contributed by atoms with Gasteiger partial charge in [-0.2, -0.15) is 9.57 Å². The molecule has 1 aliphatic rings. The topological polar surface area (TPSA) is 154 Å². The first-order valence-corrected chi connectivity index (χ1v) is 10.7. The van der Waals surface area contributed by atoms with Crippen LogP contribution < -0.4 is 5.32 Å². The van der Waals surface area contributed by atoms with E-state index in [0.717, 1.165) is 18.9 Å². The van der Waals surface area contributed by atoms with Gasteiger partial charge in [-0.15, -0.1) is 0 Å². The first-order chi connectivity index (χ1) is 14.8. The van der Waals surface area contributed by atoms with Crippen LogP contribution in [0.2, 0.25) is 0 Å². The number of fused-ring (bicyclic) bond motifs is 1. The summed E-state index contributed by atoms with van der Waals surface area (Å²) in [6.07, 6.45) is 1.58. The van der Waals surface area contributed by atoms with E-state index in [4.69, 9.17) is 9.78 Å². The molecule has 2 N–H and O–H groups in total. The fourth-order valence-corrected chi connectivity index (χ4v) is 4.94. The number of carbonyl (C=O) groups is 2. The molecule has 2 heterocycles. The number of sulfonamides is 1. The number of anilines is 1. The van der Waals surface area contributed by atoms with Crippen molar-refractivity contribution in [3.05, 3.63) is 53.2 Å². The Morgan fingerprint density at radius 2 is 1.90 bits per heavy atom. The van der Waals surface area contributed by atoms with E-state index in [0.29, 0.717) is 13.1 Å². The summed E-state index contributed by atoms with van der Waals surface area (Å²) in [5.41, 5.74) is -0.150. The predicted octanol–water partition coefficient (Wildman–Crippen LogP) is 2.43. The summed E-state index contributed by atoms with van der Waals surface area (Å²) in [6.45, 7) is 0.877. The van der Waals surface area contributed by atoms with Gasteiger partial charge in [0.05, 0.1) is 33.2 Å². The Morgan fingerprint density at radius 1 is 1.16 bits per heavy atom. The van der Waals surface area contributed by atoms with Gasteiger partial charge in [0.2, 0.25) is 10.0 Å². The molecule has 0 spiro atoms. The summed E-state index contributed by atoms with van der Waals surface area (Å²) < 4.78 is 32.2. The van der Waals surface area contributed by atoms with E-state index < -0.39 is 21.9 Å². The first kappa shape index (κ1) is 20.5. The largest absolute Gasteiger partial charge is 0.478 e. The number of carboxylic acids is 1. The fraction of sp³-hybridized carbons (Fsp3) is 0.200. The summed E-state index contributed by atoms with van der Waals surface area (Å²) in [5, 5.41) is 24.7. The highest BCUT2D eigenvalue weighted by Crippen LogP contribution is 2.27. The third kappa shape index (κ3) is 3.74. The predicted molar refractivity (Wildman–Crippen MR) is 108 cm³/mol. The number of nitrogens with zero attached hydrogens (tertiary/aromatic N) is 3. The molecule has 1 saturated heterocycles. The maximum atomic E-state index is 12.8. The van der Waals surface area contributed by atoms with E-state index in [1.165, 1.54) is 34.6 Å². The highest BCUT2D eigenvalue weighted by Gasteiger charge is 2.28. The van der Waals surface area contributed by atoms with Crippen molar-refractivity contribution in [2.24, 2.45) is 0 Å². The van der Waals surface area contributed by atoms with Crippen molar-refractivity contribution >= 4 is 38.6 Å². The Hall–Kier alpha value is -3.75. The van der Waals surface area contributed by atoms with Gasteiger partial charge in [-0.1, -0.05) is 5.16 Å². The van der Waals surface area contributed by atoms with Gasteiger partial charge < -0.3 is 14.9 Å². The van der Waals surface area contributed by atoms with Crippen LogP contribution in [-0.4, -0.2) is 48.0 Å². The van der Waals surface area contributed by atoms with Crippen LogP contribution in [0.25, 0.3) is 11.0 Å². The number of aromatic carboxylic acids is 1. The zero-order valence-corrected chi connectivity index (χ0v) is 16.8. The monoisotopic (exact) mass is 440 g/mol. The zero-order valence-electron chi connectivity index (χ0n) is 16.0. The lowest BCUT2D eigenvalue weighted by Crippen LogP contribution is -2.27. The van der Waals surface area contributed by atoms with E-state index >= 15 is 0 Å². The first-order valence-electron chi connectivity index (χ1n) is 9.29. The SMILES string of the molecule is N#Cc1ccc(NC(=O)c2noc3ccc(S(=O)(=O)N4CCCC4)cc23)c(C(=O)O)c1. The van der Waals surface area contributed by atoms with Gasteiger partial charge in [-0.05, 0) is 49.2 Å². The van der Waals surface area contributed by atoms with Crippen LogP contribution in [-0.2, 0) is 10.0 Å². The molecule has 1 amide bonds. The average molecular weight is 440 g/mol. The molecule has 0 aliphatic carbocycles. The molecule has 1 aliphatic heterocycles. The van der Waals surface area contributed by atoms with Crippen LogP contribution in [0.3, 0.4) is 0 Å². The van der Waals surface area contributed by atoms with Crippen LogP contribution in [0.15, 0.2) is 45.8 Å². The van der Waals surface area contributed by atoms with Gasteiger partial charge in [0.15, 0.2) is 11.3 Å². The molecule has 0 unspecified atom stereocenters. The molecule has 1 fully saturated rings. The highest BCUT2D eigenvalue weighted by atomic mass is 32.2. The van der Waals surface area contributed by atoms with Crippen molar-refractivity contribution in [2.75, 3.05) is 18.4 Å². The van der Waals surface area contributed by atoms with Gasteiger partial charge in [0, 0.05) is 13.1 Å². The lowest BCUT2D eigenvalue weighted by atomic mass is 10.1. The lowest BCUT2D eigenvalue weighted by Gasteiger charge is -2.15. The number of amides is 1. The van der Waals surface area contributed by atoms with E-state index in [9.17, 15) is 23.1 Å². The molecule has 2 aromatic carbocycles. The number of carboxylic acid groups (broad SMARTS) is 1. The van der Waals surface area contributed by atoms with E-state index in [1.807, 2.05) is 6.07 Å². The minimum atomic E-state index is -3.71. The molecule has 0 bridgehead atoms. The van der Waals surface area contributed by atoms with Crippen LogP contribution in [0.5, 0.6) is 0 Å². The molecule has 1 aromatic heterocycles. The van der Waals surface area contributed by atoms with Crippen LogP contribution in [0, 0.1) is 11.3 Å². The second kappa shape index (κ2) is 7.82. The van der Waals surface area contributed by atoms with Gasteiger partial charge >= 0.3 is 5.97 Å². The lowest BCUT2D eigenvalue weighted by molar-refractivity contribution is 0.0698. The van der Waals surface area contributed by atoms with Crippen molar-refractivity contribution in [1.82, 2.24) is 9.46 Å². The van der Waals surface area contributed by atoms with Crippen LogP contribution >= 0.6 is 0 Å². The van der Waals surface area contributed by atoms with Crippen LogP contribution in [0.4, 0.5) is 5.69 Å². The summed E-state index contributed by atoms with van der Waals surface area (Å²) in [5.74, 6) is -2.10. The molecule has 0 saturated carbocycles. The quantitative estimate of drug-likeness (QED) is 0.613. The molecule has 11 heteroatoms. The summed E-state index contributed by atoms with van der Waals surface area (Å²) in [6, 6.07) is 9.78. The number of benzene rings is 2. The number of hydrogen-bond acceptors (Lipinski definition) is 7. The minimum Gasteiger partial charge on any atom is -0.478 e. The summed E-state index contributed by atoms with van der Waals surface area (Å²) >= 11 is 0. The molecule has 0 atom stereocenters. The maximum absolute atomic E-state index is 12.8. The number of carbonyl (C=O) groups excluding carboxylic acids is 1. The number of hydrogen-bond donors (Lipinski definition) is 2. The second-order valence-electron chi connectivity index (χ2n) is 6.93. The Morgan fingerprint density at radius 3 is 2.58 bits per heavy atom. The van der Waals surface area contributed by atoms with Crippen molar-refractivity contribution < 1.29 is 27.6 Å². The Bertz CT molecular complexity index is 1350. The number of nitrogens with one attached hydrogen (secondary N) is 1. The van der Waals surface area contributed by atoms with Crippen LogP contribution in [0.1, 0.15) is 39.3 Å². The van der Waals surface area contributed by atoms with E-state index in [-0.39, 0.29) is 38.4 Å². The molecule has 0 radical (unpaired) electrons. The molecular weight excluding hydrogens is 424 g/mol.